The second-order valence-electron chi connectivity index (χ2n) is 10.1. The van der Waals surface area contributed by atoms with E-state index >= 15 is 0 Å². The molecule has 238 valence electrons. The Hall–Kier alpha value is -4.34. The van der Waals surface area contributed by atoms with Gasteiger partial charge >= 0.3 is 12.1 Å². The Labute approximate surface area is 260 Å². The molecule has 4 aromatic rings. The maximum Gasteiger partial charge on any atom is 0.435 e. The van der Waals surface area contributed by atoms with Crippen molar-refractivity contribution >= 4 is 29.2 Å². The number of anilines is 2. The number of nitrogens with zero attached hydrogens (tertiary/aromatic N) is 7. The second kappa shape index (κ2) is 13.7. The lowest BCUT2D eigenvalue weighted by Crippen LogP contribution is -2.45. The van der Waals surface area contributed by atoms with Crippen LogP contribution in [0.25, 0.3) is 16.9 Å². The number of likely N-dealkylation sites (N-methyl/N-ethyl adjacent to an activating group) is 1. The highest BCUT2D eigenvalue weighted by atomic mass is 35.5. The lowest BCUT2D eigenvalue weighted by Gasteiger charge is -2.32. The van der Waals surface area contributed by atoms with Gasteiger partial charge in [0.05, 0.1) is 11.6 Å². The summed E-state index contributed by atoms with van der Waals surface area (Å²) >= 11 is 5.87. The fourth-order valence-electron chi connectivity index (χ4n) is 4.52. The number of esters is 1. The third-order valence-corrected chi connectivity index (χ3v) is 7.23. The molecule has 1 aromatic carbocycles. The van der Waals surface area contributed by atoms with Crippen molar-refractivity contribution in [3.63, 3.8) is 0 Å². The van der Waals surface area contributed by atoms with Crippen LogP contribution in [0.1, 0.15) is 23.0 Å². The number of halogens is 5. The molecule has 0 saturated carbocycles. The normalized spacial score (nSPS) is 14.4. The number of ether oxygens (including phenoxy) is 2. The Kier molecular flexibility index (Phi) is 9.80. The van der Waals surface area contributed by atoms with Gasteiger partial charge in [-0.3, -0.25) is 4.90 Å². The molecule has 1 N–H and O–H groups in total. The molecule has 5 rings (SSSR count). The van der Waals surface area contributed by atoms with Crippen molar-refractivity contribution in [3.05, 3.63) is 71.0 Å². The summed E-state index contributed by atoms with van der Waals surface area (Å²) in [5.41, 5.74) is -0.281. The average molecular weight is 649 g/mol. The SMILES string of the molecule is CCOC(=O)c1cc(-c2cnc(Nc3ccc(F)c(Cl)c3)nc2-n2ccc(C(F)(F)F)n2)cnc1OCCN1CCN(C)CC1. The largest absolute Gasteiger partial charge is 0.476 e. The number of benzene rings is 1. The summed E-state index contributed by atoms with van der Waals surface area (Å²) in [4.78, 5) is 30.5. The smallest absolute Gasteiger partial charge is 0.435 e. The topological polar surface area (TPSA) is 111 Å². The van der Waals surface area contributed by atoms with Crippen LogP contribution in [0.4, 0.5) is 29.2 Å². The minimum absolute atomic E-state index is 0.0262. The molecule has 0 amide bonds. The highest BCUT2D eigenvalue weighted by molar-refractivity contribution is 6.31. The van der Waals surface area contributed by atoms with E-state index in [1.54, 1.807) is 6.92 Å². The number of piperazine rings is 1. The van der Waals surface area contributed by atoms with Crippen LogP contribution in [0.2, 0.25) is 5.02 Å². The Morgan fingerprint density at radius 2 is 1.87 bits per heavy atom. The van der Waals surface area contributed by atoms with Crippen molar-refractivity contribution in [2.24, 2.45) is 0 Å². The minimum atomic E-state index is -4.70. The lowest BCUT2D eigenvalue weighted by atomic mass is 10.1. The van der Waals surface area contributed by atoms with Gasteiger partial charge in [-0.2, -0.15) is 23.3 Å². The summed E-state index contributed by atoms with van der Waals surface area (Å²) in [6.07, 6.45) is -0.865. The highest BCUT2D eigenvalue weighted by Crippen LogP contribution is 2.32. The van der Waals surface area contributed by atoms with E-state index in [1.807, 2.05) is 0 Å². The zero-order chi connectivity index (χ0) is 32.1. The average Bonchev–Trinajstić information content (AvgIpc) is 3.52. The van der Waals surface area contributed by atoms with Crippen molar-refractivity contribution in [1.82, 2.24) is 34.5 Å². The number of hydrogen-bond donors (Lipinski definition) is 1. The highest BCUT2D eigenvalue weighted by Gasteiger charge is 2.34. The molecule has 1 saturated heterocycles. The summed E-state index contributed by atoms with van der Waals surface area (Å²) in [7, 11) is 2.06. The van der Waals surface area contributed by atoms with Gasteiger partial charge in [-0.15, -0.1) is 0 Å². The number of pyridine rings is 1. The van der Waals surface area contributed by atoms with Crippen molar-refractivity contribution in [1.29, 1.82) is 0 Å². The minimum Gasteiger partial charge on any atom is -0.476 e. The van der Waals surface area contributed by atoms with Crippen LogP contribution in [-0.4, -0.2) is 93.5 Å². The third kappa shape index (κ3) is 7.85. The first-order valence-corrected chi connectivity index (χ1v) is 14.3. The molecule has 45 heavy (non-hydrogen) atoms. The Bertz CT molecular complexity index is 1660. The number of carbonyl (C=O) groups is 1. The Morgan fingerprint density at radius 3 is 2.56 bits per heavy atom. The van der Waals surface area contributed by atoms with E-state index in [0.29, 0.717) is 17.8 Å². The lowest BCUT2D eigenvalue weighted by molar-refractivity contribution is -0.141. The molecule has 1 fully saturated rings. The Morgan fingerprint density at radius 1 is 1.09 bits per heavy atom. The first-order valence-electron chi connectivity index (χ1n) is 14.0. The number of carbonyl (C=O) groups excluding carboxylic acids is 1. The van der Waals surface area contributed by atoms with Gasteiger partial charge in [-0.25, -0.2) is 23.8 Å². The van der Waals surface area contributed by atoms with Gasteiger partial charge in [-0.1, -0.05) is 11.6 Å². The maximum absolute atomic E-state index is 13.6. The van der Waals surface area contributed by atoms with Crippen LogP contribution in [0.15, 0.2) is 48.9 Å². The van der Waals surface area contributed by atoms with Gasteiger partial charge in [0.1, 0.15) is 18.0 Å². The van der Waals surface area contributed by atoms with Crippen molar-refractivity contribution in [2.45, 2.75) is 13.1 Å². The van der Waals surface area contributed by atoms with Crippen LogP contribution in [0.5, 0.6) is 5.88 Å². The molecule has 16 heteroatoms. The zero-order valence-corrected chi connectivity index (χ0v) is 25.1. The van der Waals surface area contributed by atoms with Gasteiger partial charge in [-0.05, 0) is 44.3 Å². The zero-order valence-electron chi connectivity index (χ0n) is 24.3. The molecular formula is C29H29ClF4N8O3. The van der Waals surface area contributed by atoms with E-state index in [-0.39, 0.29) is 47.0 Å². The summed E-state index contributed by atoms with van der Waals surface area (Å²) < 4.78 is 66.0. The molecule has 0 aliphatic carbocycles. The Balaban J connectivity index is 1.49. The predicted octanol–water partition coefficient (Wildman–Crippen LogP) is 5.08. The summed E-state index contributed by atoms with van der Waals surface area (Å²) in [5.74, 6) is -1.36. The number of alkyl halides is 3. The maximum atomic E-state index is 13.6. The van der Waals surface area contributed by atoms with Gasteiger partial charge in [0, 0.05) is 68.1 Å². The van der Waals surface area contributed by atoms with Crippen LogP contribution in [0, 0.1) is 5.82 Å². The summed E-state index contributed by atoms with van der Waals surface area (Å²) in [5, 5.41) is 6.37. The monoisotopic (exact) mass is 648 g/mol. The number of rotatable bonds is 10. The molecule has 0 atom stereocenters. The molecule has 3 aromatic heterocycles. The molecule has 0 bridgehead atoms. The van der Waals surface area contributed by atoms with Crippen LogP contribution in [-0.2, 0) is 10.9 Å². The molecule has 1 aliphatic heterocycles. The molecule has 0 unspecified atom stereocenters. The summed E-state index contributed by atoms with van der Waals surface area (Å²) in [6, 6.07) is 6.10. The number of nitrogens with one attached hydrogen (secondary N) is 1. The summed E-state index contributed by atoms with van der Waals surface area (Å²) in [6.45, 7) is 6.33. The van der Waals surface area contributed by atoms with Crippen LogP contribution < -0.4 is 10.1 Å². The predicted molar refractivity (Wildman–Crippen MR) is 157 cm³/mol. The number of hydrogen-bond acceptors (Lipinski definition) is 10. The van der Waals surface area contributed by atoms with E-state index in [4.69, 9.17) is 21.1 Å². The fraction of sp³-hybridized carbons (Fsp3) is 0.345. The van der Waals surface area contributed by atoms with Crippen molar-refractivity contribution in [3.8, 4) is 22.8 Å². The van der Waals surface area contributed by atoms with E-state index in [0.717, 1.165) is 49.2 Å². The van der Waals surface area contributed by atoms with Gasteiger partial charge in [0.15, 0.2) is 11.5 Å². The standard InChI is InChI=1S/C29H29ClF4N8O3/c1-3-44-27(43)20-14-18(16-35-26(20)45-13-12-41-10-8-40(2)9-11-41)21-17-36-28(37-19-4-5-23(31)22(30)15-19)38-25(21)42-7-6-24(39-42)29(32,33)34/h4-7,14-17H,3,8-13H2,1-2H3,(H,36,37,38). The van der Waals surface area contributed by atoms with Crippen molar-refractivity contribution in [2.75, 3.05) is 58.3 Å². The van der Waals surface area contributed by atoms with Gasteiger partial charge < -0.3 is 19.7 Å². The van der Waals surface area contributed by atoms with Gasteiger partial charge in [0.2, 0.25) is 11.8 Å². The number of aromatic nitrogens is 5. The van der Waals surface area contributed by atoms with Crippen molar-refractivity contribution < 1.29 is 31.8 Å². The van der Waals surface area contributed by atoms with E-state index in [1.165, 1.54) is 30.6 Å². The molecule has 0 spiro atoms. The van der Waals surface area contributed by atoms with E-state index < -0.39 is 23.7 Å². The first kappa shape index (κ1) is 32.1. The molecule has 0 radical (unpaired) electrons. The molecule has 11 nitrogen and oxygen atoms in total. The third-order valence-electron chi connectivity index (χ3n) is 6.94. The first-order chi connectivity index (χ1) is 21.5. The van der Waals surface area contributed by atoms with Gasteiger partial charge in [0.25, 0.3) is 0 Å². The quantitative estimate of drug-likeness (QED) is 0.185. The van der Waals surface area contributed by atoms with E-state index in [9.17, 15) is 22.4 Å². The fourth-order valence-corrected chi connectivity index (χ4v) is 4.70. The molecule has 4 heterocycles. The van der Waals surface area contributed by atoms with E-state index in [2.05, 4.69) is 42.2 Å². The molecular weight excluding hydrogens is 620 g/mol. The van der Waals surface area contributed by atoms with Crippen LogP contribution in [0.3, 0.4) is 0 Å². The second-order valence-corrected chi connectivity index (χ2v) is 10.5. The molecule has 1 aliphatic rings. The van der Waals surface area contributed by atoms with Crippen LogP contribution >= 0.6 is 11.6 Å².